The maximum atomic E-state index is 12.5. The van der Waals surface area contributed by atoms with Crippen LogP contribution in [0.25, 0.3) is 0 Å². The minimum Gasteiger partial charge on any atom is -0.326 e. The topological polar surface area (TPSA) is 61.8 Å². The molecular weight excluding hydrogens is 371 g/mol. The minimum atomic E-state index is -4.43. The van der Waals surface area contributed by atoms with Crippen molar-refractivity contribution >= 4 is 23.2 Å². The first kappa shape index (κ1) is 19.6. The summed E-state index contributed by atoms with van der Waals surface area (Å²) >= 11 is 0. The van der Waals surface area contributed by atoms with E-state index in [9.17, 15) is 22.8 Å². The van der Waals surface area contributed by atoms with Crippen LogP contribution in [-0.4, -0.2) is 29.1 Å². The molecule has 2 aromatic rings. The summed E-state index contributed by atoms with van der Waals surface area (Å²) in [5.41, 5.74) is 1.24. The molecule has 1 aliphatic rings. The van der Waals surface area contributed by atoms with Gasteiger partial charge in [-0.25, -0.2) is 5.01 Å². The minimum absolute atomic E-state index is 0.0297. The van der Waals surface area contributed by atoms with Crippen molar-refractivity contribution in [2.24, 2.45) is 5.10 Å². The van der Waals surface area contributed by atoms with Gasteiger partial charge in [-0.2, -0.15) is 18.3 Å². The van der Waals surface area contributed by atoms with Gasteiger partial charge in [0.15, 0.2) is 0 Å². The molecule has 0 atom stereocenters. The molecule has 3 rings (SSSR count). The fourth-order valence-electron chi connectivity index (χ4n) is 2.79. The zero-order chi connectivity index (χ0) is 20.1. The fourth-order valence-corrected chi connectivity index (χ4v) is 2.79. The molecule has 28 heavy (non-hydrogen) atoms. The molecule has 0 radical (unpaired) electrons. The van der Waals surface area contributed by atoms with Gasteiger partial charge in [-0.3, -0.25) is 9.59 Å². The summed E-state index contributed by atoms with van der Waals surface area (Å²) in [6, 6.07) is 13.7. The van der Waals surface area contributed by atoms with E-state index in [1.165, 1.54) is 17.1 Å². The number of carbonyl (C=O) groups is 2. The van der Waals surface area contributed by atoms with Gasteiger partial charge in [0.2, 0.25) is 11.8 Å². The monoisotopic (exact) mass is 389 g/mol. The molecule has 0 aliphatic carbocycles. The molecule has 0 spiro atoms. The van der Waals surface area contributed by atoms with Crippen LogP contribution in [0.3, 0.4) is 0 Å². The summed E-state index contributed by atoms with van der Waals surface area (Å²) < 4.78 is 37.6. The van der Waals surface area contributed by atoms with E-state index in [-0.39, 0.29) is 24.4 Å². The van der Waals surface area contributed by atoms with Crippen LogP contribution in [0.5, 0.6) is 0 Å². The van der Waals surface area contributed by atoms with Gasteiger partial charge >= 0.3 is 6.18 Å². The fraction of sp³-hybridized carbons (Fsp3) is 0.250. The second-order valence-electron chi connectivity index (χ2n) is 6.30. The quantitative estimate of drug-likeness (QED) is 0.838. The number of hydrazone groups is 1. The van der Waals surface area contributed by atoms with Crippen LogP contribution in [0, 0.1) is 0 Å². The maximum absolute atomic E-state index is 12.5. The third-order valence-electron chi connectivity index (χ3n) is 4.26. The van der Waals surface area contributed by atoms with Crippen LogP contribution in [0.1, 0.15) is 30.4 Å². The van der Waals surface area contributed by atoms with Crippen molar-refractivity contribution in [2.45, 2.75) is 25.4 Å². The third-order valence-corrected chi connectivity index (χ3v) is 4.26. The number of carbonyl (C=O) groups excluding carboxylic acids is 2. The Labute approximate surface area is 159 Å². The van der Waals surface area contributed by atoms with Gasteiger partial charge < -0.3 is 5.32 Å². The van der Waals surface area contributed by atoms with E-state index in [1.807, 2.05) is 30.3 Å². The van der Waals surface area contributed by atoms with Crippen molar-refractivity contribution < 1.29 is 22.8 Å². The van der Waals surface area contributed by atoms with Crippen molar-refractivity contribution in [3.63, 3.8) is 0 Å². The number of benzene rings is 2. The van der Waals surface area contributed by atoms with Crippen LogP contribution in [0.15, 0.2) is 59.7 Å². The summed E-state index contributed by atoms with van der Waals surface area (Å²) in [5.74, 6) is -0.715. The number of anilines is 1. The van der Waals surface area contributed by atoms with Gasteiger partial charge in [0, 0.05) is 24.9 Å². The highest BCUT2D eigenvalue weighted by atomic mass is 19.4. The zero-order valence-corrected chi connectivity index (χ0v) is 14.9. The normalized spacial score (nSPS) is 14.0. The van der Waals surface area contributed by atoms with Crippen LogP contribution in [0.2, 0.25) is 0 Å². The highest BCUT2D eigenvalue weighted by Crippen LogP contribution is 2.29. The lowest BCUT2D eigenvalue weighted by molar-refractivity contribution is -0.137. The van der Waals surface area contributed by atoms with Gasteiger partial charge in [-0.15, -0.1) is 0 Å². The smallest absolute Gasteiger partial charge is 0.326 e. The van der Waals surface area contributed by atoms with Crippen LogP contribution in [0.4, 0.5) is 18.9 Å². The summed E-state index contributed by atoms with van der Waals surface area (Å²) in [7, 11) is 0. The van der Waals surface area contributed by atoms with Crippen LogP contribution < -0.4 is 5.32 Å². The van der Waals surface area contributed by atoms with E-state index < -0.39 is 17.6 Å². The predicted molar refractivity (Wildman–Crippen MR) is 98.6 cm³/mol. The largest absolute Gasteiger partial charge is 0.416 e. The number of rotatable bonds is 5. The number of nitrogens with one attached hydrogen (secondary N) is 1. The average molecular weight is 389 g/mol. The summed E-state index contributed by atoms with van der Waals surface area (Å²) in [4.78, 5) is 24.2. The van der Waals surface area contributed by atoms with E-state index in [2.05, 4.69) is 10.4 Å². The van der Waals surface area contributed by atoms with Crippen molar-refractivity contribution in [3.05, 3.63) is 65.7 Å². The van der Waals surface area contributed by atoms with E-state index in [0.717, 1.165) is 23.4 Å². The molecule has 1 aliphatic heterocycles. The number of nitrogens with zero attached hydrogens (tertiary/aromatic N) is 2. The molecule has 0 aromatic heterocycles. The van der Waals surface area contributed by atoms with Gasteiger partial charge in [0.1, 0.15) is 0 Å². The Morgan fingerprint density at radius 1 is 1.00 bits per heavy atom. The molecule has 5 nitrogen and oxygen atoms in total. The molecule has 146 valence electrons. The van der Waals surface area contributed by atoms with E-state index in [0.29, 0.717) is 13.0 Å². The number of amides is 2. The molecule has 1 heterocycles. The molecule has 1 N–H and O–H groups in total. The van der Waals surface area contributed by atoms with Gasteiger partial charge in [-0.05, 0) is 29.8 Å². The lowest BCUT2D eigenvalue weighted by atomic mass is 10.1. The molecule has 0 saturated carbocycles. The highest BCUT2D eigenvalue weighted by molar-refractivity contribution is 6.02. The maximum Gasteiger partial charge on any atom is 0.416 e. The average Bonchev–Trinajstić information content (AvgIpc) is 3.17. The predicted octanol–water partition coefficient (Wildman–Crippen LogP) is 4.06. The Kier molecular flexibility index (Phi) is 5.77. The standard InChI is InChI=1S/C20H18F3N3O2/c21-20(22,23)15-6-8-16(9-7-15)24-18(27)10-11-19(28)26-13-12-17(25-26)14-4-2-1-3-5-14/h1-9H,10-13H2,(H,24,27). The zero-order valence-electron chi connectivity index (χ0n) is 14.9. The third kappa shape index (κ3) is 4.97. The Morgan fingerprint density at radius 3 is 2.32 bits per heavy atom. The molecule has 8 heteroatoms. The highest BCUT2D eigenvalue weighted by Gasteiger charge is 2.30. The Morgan fingerprint density at radius 2 is 1.68 bits per heavy atom. The van der Waals surface area contributed by atoms with Crippen LogP contribution in [-0.2, 0) is 15.8 Å². The number of alkyl halides is 3. The summed E-state index contributed by atoms with van der Waals surface area (Å²) in [6.07, 6.45) is -3.89. The SMILES string of the molecule is O=C(CCC(=O)N1CCC(c2ccccc2)=N1)Nc1ccc(C(F)(F)F)cc1. The first-order valence-corrected chi connectivity index (χ1v) is 8.73. The molecule has 0 saturated heterocycles. The van der Waals surface area contributed by atoms with E-state index in [1.54, 1.807) is 0 Å². The lowest BCUT2D eigenvalue weighted by Crippen LogP contribution is -2.25. The number of hydrogen-bond donors (Lipinski definition) is 1. The molecular formula is C20H18F3N3O2. The number of hydrogen-bond acceptors (Lipinski definition) is 3. The Balaban J connectivity index is 1.49. The first-order chi connectivity index (χ1) is 13.3. The molecule has 2 amide bonds. The molecule has 0 unspecified atom stereocenters. The second kappa shape index (κ2) is 8.24. The molecule has 0 bridgehead atoms. The second-order valence-corrected chi connectivity index (χ2v) is 6.30. The summed E-state index contributed by atoms with van der Waals surface area (Å²) in [6.45, 7) is 0.462. The molecule has 2 aromatic carbocycles. The van der Waals surface area contributed by atoms with Gasteiger partial charge in [0.05, 0.1) is 17.8 Å². The van der Waals surface area contributed by atoms with Gasteiger partial charge in [-0.1, -0.05) is 30.3 Å². The van der Waals surface area contributed by atoms with E-state index in [4.69, 9.17) is 0 Å². The van der Waals surface area contributed by atoms with Crippen molar-refractivity contribution in [2.75, 3.05) is 11.9 Å². The first-order valence-electron chi connectivity index (χ1n) is 8.73. The molecule has 0 fully saturated rings. The Hall–Kier alpha value is -3.16. The van der Waals surface area contributed by atoms with Crippen molar-refractivity contribution in [1.82, 2.24) is 5.01 Å². The van der Waals surface area contributed by atoms with Gasteiger partial charge in [0.25, 0.3) is 0 Å². The number of halogens is 3. The van der Waals surface area contributed by atoms with Crippen molar-refractivity contribution in [3.8, 4) is 0 Å². The lowest BCUT2D eigenvalue weighted by Gasteiger charge is -2.11. The summed E-state index contributed by atoms with van der Waals surface area (Å²) in [5, 5.41) is 8.16. The Bertz CT molecular complexity index is 878. The van der Waals surface area contributed by atoms with Crippen LogP contribution >= 0.6 is 0 Å². The van der Waals surface area contributed by atoms with E-state index >= 15 is 0 Å². The van der Waals surface area contributed by atoms with Crippen molar-refractivity contribution in [1.29, 1.82) is 0 Å².